The van der Waals surface area contributed by atoms with Crippen LogP contribution in [0.5, 0.6) is 0 Å². The fraction of sp³-hybridized carbons (Fsp3) is 0.500. The van der Waals surface area contributed by atoms with Gasteiger partial charge in [-0.2, -0.15) is 0 Å². The molecule has 134 valence electrons. The lowest BCUT2D eigenvalue weighted by Crippen LogP contribution is -2.37. The Morgan fingerprint density at radius 3 is 2.60 bits per heavy atom. The number of aromatic nitrogens is 1. The van der Waals surface area contributed by atoms with Gasteiger partial charge in [0.25, 0.3) is 0 Å². The molecule has 3 heteroatoms. The van der Waals surface area contributed by atoms with Crippen LogP contribution < -0.4 is 4.90 Å². The van der Waals surface area contributed by atoms with Crippen LogP contribution >= 0.6 is 0 Å². The van der Waals surface area contributed by atoms with Crippen LogP contribution in [0.25, 0.3) is 0 Å². The maximum absolute atomic E-state index is 4.43. The van der Waals surface area contributed by atoms with Gasteiger partial charge in [0.05, 0.1) is 0 Å². The molecule has 1 aromatic carbocycles. The monoisotopic (exact) mass is 337 g/mol. The normalized spacial score (nSPS) is 21.6. The number of fused-ring (bicyclic) bond motifs is 3. The van der Waals surface area contributed by atoms with Crippen LogP contribution in [0, 0.1) is 13.8 Å². The Labute approximate surface area is 152 Å². The van der Waals surface area contributed by atoms with Crippen molar-refractivity contribution in [2.75, 3.05) is 31.6 Å². The molecule has 0 amide bonds. The molecule has 1 fully saturated rings. The summed E-state index contributed by atoms with van der Waals surface area (Å²) in [6, 6.07) is 11.9. The van der Waals surface area contributed by atoms with Crippen LogP contribution in [-0.2, 0) is 6.42 Å². The second-order valence-corrected chi connectivity index (χ2v) is 7.21. The van der Waals surface area contributed by atoms with Gasteiger partial charge in [-0.15, -0.1) is 0 Å². The molecule has 0 spiro atoms. The SMILES string of the molecule is CC.Cc1ccc2c(c1)C1CN(C)CC1N2CCc1ccc(C)nc1. The Morgan fingerprint density at radius 2 is 1.88 bits per heavy atom. The molecule has 25 heavy (non-hydrogen) atoms. The molecule has 2 atom stereocenters. The van der Waals surface area contributed by atoms with Gasteiger partial charge in [0.2, 0.25) is 0 Å². The predicted molar refractivity (Wildman–Crippen MR) is 107 cm³/mol. The molecule has 0 aliphatic carbocycles. The molecule has 3 nitrogen and oxygen atoms in total. The summed E-state index contributed by atoms with van der Waals surface area (Å²) >= 11 is 0. The molecule has 3 heterocycles. The van der Waals surface area contributed by atoms with Crippen molar-refractivity contribution in [3.05, 3.63) is 58.9 Å². The number of anilines is 1. The van der Waals surface area contributed by atoms with Crippen LogP contribution in [-0.4, -0.2) is 42.6 Å². The second-order valence-electron chi connectivity index (χ2n) is 7.21. The minimum Gasteiger partial charge on any atom is -0.366 e. The van der Waals surface area contributed by atoms with Gasteiger partial charge in [0, 0.05) is 49.2 Å². The Bertz CT molecular complexity index is 708. The predicted octanol–water partition coefficient (Wildman–Crippen LogP) is 4.18. The smallest absolute Gasteiger partial charge is 0.0498 e. The average Bonchev–Trinajstić information content (AvgIpc) is 3.12. The van der Waals surface area contributed by atoms with Crippen molar-refractivity contribution in [1.29, 1.82) is 0 Å². The first-order chi connectivity index (χ1) is 12.1. The summed E-state index contributed by atoms with van der Waals surface area (Å²) in [5.74, 6) is 0.672. The minimum atomic E-state index is 0.634. The third-order valence-corrected chi connectivity index (χ3v) is 5.38. The van der Waals surface area contributed by atoms with Crippen molar-refractivity contribution in [2.24, 2.45) is 0 Å². The number of aryl methyl sites for hydroxylation is 2. The van der Waals surface area contributed by atoms with Crippen molar-refractivity contribution in [1.82, 2.24) is 9.88 Å². The average molecular weight is 338 g/mol. The molecule has 1 aromatic heterocycles. The Morgan fingerprint density at radius 1 is 1.08 bits per heavy atom. The van der Waals surface area contributed by atoms with E-state index in [0.29, 0.717) is 12.0 Å². The molecule has 0 radical (unpaired) electrons. The molecular formula is C22H31N3. The second kappa shape index (κ2) is 7.57. The lowest BCUT2D eigenvalue weighted by Gasteiger charge is -2.27. The summed E-state index contributed by atoms with van der Waals surface area (Å²) in [6.45, 7) is 11.7. The molecule has 1 saturated heterocycles. The summed E-state index contributed by atoms with van der Waals surface area (Å²) in [5.41, 5.74) is 6.81. The van der Waals surface area contributed by atoms with E-state index in [0.717, 1.165) is 18.7 Å². The molecular weight excluding hydrogens is 306 g/mol. The highest BCUT2D eigenvalue weighted by Crippen LogP contribution is 2.44. The topological polar surface area (TPSA) is 19.4 Å². The molecule has 4 rings (SSSR count). The van der Waals surface area contributed by atoms with Gasteiger partial charge in [0.1, 0.15) is 0 Å². The van der Waals surface area contributed by atoms with E-state index in [1.165, 1.54) is 29.9 Å². The number of nitrogens with zero attached hydrogens (tertiary/aromatic N) is 3. The van der Waals surface area contributed by atoms with E-state index >= 15 is 0 Å². The number of benzene rings is 1. The molecule has 0 bridgehead atoms. The number of hydrogen-bond acceptors (Lipinski definition) is 3. The summed E-state index contributed by atoms with van der Waals surface area (Å²) in [4.78, 5) is 9.55. The highest BCUT2D eigenvalue weighted by molar-refractivity contribution is 5.64. The van der Waals surface area contributed by atoms with Crippen molar-refractivity contribution < 1.29 is 0 Å². The zero-order valence-corrected chi connectivity index (χ0v) is 16.3. The zero-order valence-electron chi connectivity index (χ0n) is 16.3. The number of hydrogen-bond donors (Lipinski definition) is 0. The van der Waals surface area contributed by atoms with Crippen molar-refractivity contribution >= 4 is 5.69 Å². The third kappa shape index (κ3) is 3.57. The minimum absolute atomic E-state index is 0.634. The van der Waals surface area contributed by atoms with Gasteiger partial charge in [-0.05, 0) is 50.6 Å². The molecule has 2 aliphatic rings. The first-order valence-corrected chi connectivity index (χ1v) is 9.59. The van der Waals surface area contributed by atoms with Gasteiger partial charge < -0.3 is 9.80 Å². The highest BCUT2D eigenvalue weighted by Gasteiger charge is 2.43. The zero-order chi connectivity index (χ0) is 18.0. The van der Waals surface area contributed by atoms with Gasteiger partial charge >= 0.3 is 0 Å². The molecule has 2 aliphatic heterocycles. The summed E-state index contributed by atoms with van der Waals surface area (Å²) in [6.07, 6.45) is 3.09. The summed E-state index contributed by atoms with van der Waals surface area (Å²) in [5, 5.41) is 0. The maximum atomic E-state index is 4.43. The standard InChI is InChI=1S/C20H25N3.C2H6/c1-14-4-7-19-17(10-14)18-12-22(3)13-20(18)23(19)9-8-16-6-5-15(2)21-11-16;1-2/h4-7,10-11,18,20H,8-9,12-13H2,1-3H3;1-2H3. The molecule has 0 N–H and O–H groups in total. The van der Waals surface area contributed by atoms with E-state index in [9.17, 15) is 0 Å². The Balaban J connectivity index is 0.000000880. The largest absolute Gasteiger partial charge is 0.366 e. The first kappa shape index (κ1) is 17.9. The van der Waals surface area contributed by atoms with Crippen LogP contribution in [0.3, 0.4) is 0 Å². The Hall–Kier alpha value is -1.87. The van der Waals surface area contributed by atoms with E-state index < -0.39 is 0 Å². The number of likely N-dealkylation sites (tertiary alicyclic amines) is 1. The first-order valence-electron chi connectivity index (χ1n) is 9.59. The molecule has 0 saturated carbocycles. The van der Waals surface area contributed by atoms with Gasteiger partial charge in [-0.3, -0.25) is 4.98 Å². The van der Waals surface area contributed by atoms with Gasteiger partial charge in [-0.1, -0.05) is 37.6 Å². The van der Waals surface area contributed by atoms with Gasteiger partial charge in [0.15, 0.2) is 0 Å². The fourth-order valence-electron chi connectivity index (χ4n) is 4.19. The van der Waals surface area contributed by atoms with Crippen molar-refractivity contribution in [3.8, 4) is 0 Å². The van der Waals surface area contributed by atoms with Crippen molar-refractivity contribution in [2.45, 2.75) is 46.1 Å². The third-order valence-electron chi connectivity index (χ3n) is 5.38. The molecule has 2 aromatic rings. The van der Waals surface area contributed by atoms with E-state index in [2.05, 4.69) is 59.1 Å². The van der Waals surface area contributed by atoms with Crippen LogP contribution in [0.15, 0.2) is 36.5 Å². The van der Waals surface area contributed by atoms with Crippen LogP contribution in [0.1, 0.15) is 42.1 Å². The van der Waals surface area contributed by atoms with E-state index in [1.54, 1.807) is 5.56 Å². The van der Waals surface area contributed by atoms with Crippen LogP contribution in [0.4, 0.5) is 5.69 Å². The maximum Gasteiger partial charge on any atom is 0.0498 e. The lowest BCUT2D eigenvalue weighted by atomic mass is 9.97. The van der Waals surface area contributed by atoms with E-state index in [4.69, 9.17) is 0 Å². The quantitative estimate of drug-likeness (QED) is 0.837. The van der Waals surface area contributed by atoms with Crippen molar-refractivity contribution in [3.63, 3.8) is 0 Å². The fourth-order valence-corrected chi connectivity index (χ4v) is 4.19. The van der Waals surface area contributed by atoms with Gasteiger partial charge in [-0.25, -0.2) is 0 Å². The summed E-state index contributed by atoms with van der Waals surface area (Å²) < 4.78 is 0. The lowest BCUT2D eigenvalue weighted by molar-refractivity contribution is 0.403. The number of pyridine rings is 1. The highest BCUT2D eigenvalue weighted by atomic mass is 15.3. The number of rotatable bonds is 3. The van der Waals surface area contributed by atoms with Crippen LogP contribution in [0.2, 0.25) is 0 Å². The van der Waals surface area contributed by atoms with E-state index in [-0.39, 0.29) is 0 Å². The Kier molecular flexibility index (Phi) is 5.43. The number of likely N-dealkylation sites (N-methyl/N-ethyl adjacent to an activating group) is 1. The molecule has 2 unspecified atom stereocenters. The van der Waals surface area contributed by atoms with E-state index in [1.807, 2.05) is 27.0 Å². The summed E-state index contributed by atoms with van der Waals surface area (Å²) in [7, 11) is 2.25.